The van der Waals surface area contributed by atoms with Gasteiger partial charge in [-0.3, -0.25) is 4.79 Å². The molecule has 98 valence electrons. The number of rotatable bonds is 3. The number of hydrogen-bond acceptors (Lipinski definition) is 2. The third-order valence-corrected chi connectivity index (χ3v) is 3.07. The van der Waals surface area contributed by atoms with Gasteiger partial charge >= 0.3 is 5.97 Å². The molecule has 0 radical (unpaired) electrons. The number of hydrogen-bond donors (Lipinski definition) is 1. The van der Waals surface area contributed by atoms with E-state index in [0.717, 1.165) is 16.7 Å². The molecule has 2 rings (SSSR count). The van der Waals surface area contributed by atoms with Gasteiger partial charge in [0.1, 0.15) is 5.56 Å². The van der Waals surface area contributed by atoms with Gasteiger partial charge in [0.2, 0.25) is 0 Å². The predicted octanol–water partition coefficient (Wildman–Crippen LogP) is 2.21. The summed E-state index contributed by atoms with van der Waals surface area (Å²) in [5.74, 6) is -1.19. The number of pyridine rings is 1. The third kappa shape index (κ3) is 2.91. The van der Waals surface area contributed by atoms with Crippen molar-refractivity contribution in [2.24, 2.45) is 0 Å². The van der Waals surface area contributed by atoms with Gasteiger partial charge in [0.05, 0.1) is 0 Å². The second-order valence-electron chi connectivity index (χ2n) is 4.63. The second kappa shape index (κ2) is 5.10. The highest BCUT2D eigenvalue weighted by Crippen LogP contribution is 2.12. The van der Waals surface area contributed by atoms with Crippen molar-refractivity contribution in [1.29, 1.82) is 0 Å². The second-order valence-corrected chi connectivity index (χ2v) is 4.63. The number of benzene rings is 1. The molecule has 0 spiro atoms. The van der Waals surface area contributed by atoms with Crippen molar-refractivity contribution in [3.63, 3.8) is 0 Å². The van der Waals surface area contributed by atoms with Crippen LogP contribution in [0.2, 0.25) is 0 Å². The van der Waals surface area contributed by atoms with E-state index >= 15 is 0 Å². The van der Waals surface area contributed by atoms with E-state index in [4.69, 9.17) is 5.11 Å². The van der Waals surface area contributed by atoms with Crippen LogP contribution in [0.5, 0.6) is 0 Å². The lowest BCUT2D eigenvalue weighted by atomic mass is 10.1. The maximum atomic E-state index is 11.4. The van der Waals surface area contributed by atoms with Crippen LogP contribution in [0.25, 0.3) is 0 Å². The Morgan fingerprint density at radius 3 is 2.68 bits per heavy atom. The zero-order valence-electron chi connectivity index (χ0n) is 10.9. The Kier molecular flexibility index (Phi) is 3.51. The van der Waals surface area contributed by atoms with Gasteiger partial charge in [-0.25, -0.2) is 4.79 Å². The molecule has 0 unspecified atom stereocenters. The summed E-state index contributed by atoms with van der Waals surface area (Å²) >= 11 is 0. The number of aryl methyl sites for hydroxylation is 2. The van der Waals surface area contributed by atoms with E-state index in [1.54, 1.807) is 10.8 Å². The molecule has 19 heavy (non-hydrogen) atoms. The summed E-state index contributed by atoms with van der Waals surface area (Å²) in [6, 6.07) is 7.42. The van der Waals surface area contributed by atoms with Crippen molar-refractivity contribution in [2.75, 3.05) is 0 Å². The lowest BCUT2D eigenvalue weighted by molar-refractivity contribution is 0.0694. The van der Waals surface area contributed by atoms with Gasteiger partial charge < -0.3 is 9.67 Å². The zero-order chi connectivity index (χ0) is 14.0. The van der Waals surface area contributed by atoms with Crippen LogP contribution in [-0.2, 0) is 6.54 Å². The SMILES string of the molecule is Cc1ccc(C)c(Cn2ccc(=O)c(C(=O)O)c2)c1. The summed E-state index contributed by atoms with van der Waals surface area (Å²) in [5.41, 5.74) is 2.73. The Morgan fingerprint density at radius 1 is 1.26 bits per heavy atom. The van der Waals surface area contributed by atoms with Gasteiger partial charge in [0.25, 0.3) is 0 Å². The van der Waals surface area contributed by atoms with Crippen molar-refractivity contribution >= 4 is 5.97 Å². The molecule has 1 aromatic carbocycles. The van der Waals surface area contributed by atoms with Crippen LogP contribution in [0.3, 0.4) is 0 Å². The molecule has 0 fully saturated rings. The molecule has 1 heterocycles. The van der Waals surface area contributed by atoms with Gasteiger partial charge in [-0.15, -0.1) is 0 Å². The van der Waals surface area contributed by atoms with Crippen LogP contribution in [-0.4, -0.2) is 15.6 Å². The minimum absolute atomic E-state index is 0.201. The Morgan fingerprint density at radius 2 is 2.00 bits per heavy atom. The zero-order valence-corrected chi connectivity index (χ0v) is 10.9. The van der Waals surface area contributed by atoms with Crippen LogP contribution in [0.15, 0.2) is 41.5 Å². The van der Waals surface area contributed by atoms with E-state index in [1.807, 2.05) is 26.0 Å². The highest BCUT2D eigenvalue weighted by atomic mass is 16.4. The van der Waals surface area contributed by atoms with Crippen molar-refractivity contribution in [2.45, 2.75) is 20.4 Å². The number of carboxylic acid groups (broad SMARTS) is 1. The normalized spacial score (nSPS) is 10.4. The number of aromatic nitrogens is 1. The maximum Gasteiger partial charge on any atom is 0.341 e. The fourth-order valence-corrected chi connectivity index (χ4v) is 1.95. The van der Waals surface area contributed by atoms with Gasteiger partial charge in [-0.2, -0.15) is 0 Å². The quantitative estimate of drug-likeness (QED) is 0.917. The Labute approximate surface area is 110 Å². The molecular weight excluding hydrogens is 242 g/mol. The van der Waals surface area contributed by atoms with Crippen molar-refractivity contribution in [3.8, 4) is 0 Å². The van der Waals surface area contributed by atoms with Gasteiger partial charge in [-0.05, 0) is 25.0 Å². The van der Waals surface area contributed by atoms with E-state index in [9.17, 15) is 9.59 Å². The van der Waals surface area contributed by atoms with Crippen molar-refractivity contribution in [3.05, 3.63) is 69.1 Å². The van der Waals surface area contributed by atoms with Gasteiger partial charge in [0, 0.05) is 25.0 Å². The van der Waals surface area contributed by atoms with Crippen LogP contribution in [0.4, 0.5) is 0 Å². The Balaban J connectivity index is 2.39. The number of nitrogens with zero attached hydrogens (tertiary/aromatic N) is 1. The molecule has 0 aliphatic carbocycles. The molecule has 1 N–H and O–H groups in total. The van der Waals surface area contributed by atoms with E-state index < -0.39 is 11.4 Å². The molecular formula is C15H15NO3. The largest absolute Gasteiger partial charge is 0.477 e. The average Bonchev–Trinajstić information content (AvgIpc) is 2.36. The highest BCUT2D eigenvalue weighted by molar-refractivity contribution is 5.86. The van der Waals surface area contributed by atoms with Crippen molar-refractivity contribution in [1.82, 2.24) is 4.57 Å². The topological polar surface area (TPSA) is 59.3 Å². The summed E-state index contributed by atoms with van der Waals surface area (Å²) in [6.07, 6.45) is 2.99. The molecule has 0 saturated heterocycles. The molecule has 0 aliphatic rings. The first-order valence-electron chi connectivity index (χ1n) is 5.97. The smallest absolute Gasteiger partial charge is 0.341 e. The average molecular weight is 257 g/mol. The van der Waals surface area contributed by atoms with Crippen LogP contribution < -0.4 is 5.43 Å². The summed E-state index contributed by atoms with van der Waals surface area (Å²) < 4.78 is 1.71. The van der Waals surface area contributed by atoms with E-state index in [2.05, 4.69) is 6.07 Å². The first-order chi connectivity index (χ1) is 8.97. The molecule has 4 heteroatoms. The Hall–Kier alpha value is -2.36. The molecule has 0 atom stereocenters. The monoisotopic (exact) mass is 257 g/mol. The number of carboxylic acids is 1. The first kappa shape index (κ1) is 13.1. The van der Waals surface area contributed by atoms with E-state index in [0.29, 0.717) is 6.54 Å². The van der Waals surface area contributed by atoms with Crippen LogP contribution in [0.1, 0.15) is 27.0 Å². The molecule has 1 aromatic heterocycles. The lowest BCUT2D eigenvalue weighted by Gasteiger charge is -2.10. The van der Waals surface area contributed by atoms with E-state index in [-0.39, 0.29) is 5.56 Å². The van der Waals surface area contributed by atoms with E-state index in [1.165, 1.54) is 12.3 Å². The van der Waals surface area contributed by atoms with Gasteiger partial charge in [-0.1, -0.05) is 23.8 Å². The van der Waals surface area contributed by atoms with Crippen LogP contribution >= 0.6 is 0 Å². The summed E-state index contributed by atoms with van der Waals surface area (Å²) in [5, 5.41) is 8.94. The summed E-state index contributed by atoms with van der Waals surface area (Å²) in [4.78, 5) is 22.3. The molecule has 0 bridgehead atoms. The molecule has 0 aliphatic heterocycles. The summed E-state index contributed by atoms with van der Waals surface area (Å²) in [7, 11) is 0. The lowest BCUT2D eigenvalue weighted by Crippen LogP contribution is -2.17. The van der Waals surface area contributed by atoms with Crippen LogP contribution in [0, 0.1) is 13.8 Å². The van der Waals surface area contributed by atoms with Crippen molar-refractivity contribution < 1.29 is 9.90 Å². The summed E-state index contributed by atoms with van der Waals surface area (Å²) in [6.45, 7) is 4.57. The Bertz CT molecular complexity index is 686. The number of carbonyl (C=O) groups is 1. The number of aromatic carboxylic acids is 1. The fraction of sp³-hybridized carbons (Fsp3) is 0.200. The standard InChI is InChI=1S/C15H15NO3/c1-10-3-4-11(2)12(7-10)8-16-6-5-14(17)13(9-16)15(18)19/h3-7,9H,8H2,1-2H3,(H,18,19). The minimum atomic E-state index is -1.19. The predicted molar refractivity (Wildman–Crippen MR) is 72.7 cm³/mol. The highest BCUT2D eigenvalue weighted by Gasteiger charge is 2.08. The molecule has 4 nitrogen and oxygen atoms in total. The molecule has 0 amide bonds. The maximum absolute atomic E-state index is 11.4. The fourth-order valence-electron chi connectivity index (χ4n) is 1.95. The first-order valence-corrected chi connectivity index (χ1v) is 5.97. The minimum Gasteiger partial charge on any atom is -0.477 e. The van der Waals surface area contributed by atoms with Gasteiger partial charge in [0.15, 0.2) is 5.43 Å². The molecule has 2 aromatic rings. The third-order valence-electron chi connectivity index (χ3n) is 3.07. The molecule has 0 saturated carbocycles.